The molecule has 0 aliphatic carbocycles. The lowest BCUT2D eigenvalue weighted by Crippen LogP contribution is -2.44. The third-order valence-electron chi connectivity index (χ3n) is 4.04. The molecule has 5 nitrogen and oxygen atoms in total. The maximum Gasteiger partial charge on any atom is 0.337 e. The molecule has 2 aromatic rings. The fourth-order valence-electron chi connectivity index (χ4n) is 3.16. The number of amides is 1. The predicted octanol–water partition coefficient (Wildman–Crippen LogP) is 2.40. The molecular weight excluding hydrogens is 268 g/mol. The molecule has 0 spiro atoms. The zero-order valence-electron chi connectivity index (χ0n) is 11.0. The van der Waals surface area contributed by atoms with Crippen LogP contribution in [0.25, 0.3) is 0 Å². The number of hydrogen-bond acceptors (Lipinski definition) is 3. The van der Waals surface area contributed by atoms with E-state index >= 15 is 0 Å². The summed E-state index contributed by atoms with van der Waals surface area (Å²) in [5.74, 6) is -1.09. The van der Waals surface area contributed by atoms with Crippen LogP contribution in [0.3, 0.4) is 0 Å². The Labute approximate surface area is 120 Å². The van der Waals surface area contributed by atoms with Crippen molar-refractivity contribution in [2.24, 2.45) is 0 Å². The van der Waals surface area contributed by atoms with Crippen LogP contribution in [0.15, 0.2) is 42.5 Å². The number of aromatic carboxylic acids is 1. The first-order chi connectivity index (χ1) is 10.2. The van der Waals surface area contributed by atoms with Crippen LogP contribution in [0.2, 0.25) is 0 Å². The predicted molar refractivity (Wildman–Crippen MR) is 78.1 cm³/mol. The molecule has 2 aliphatic heterocycles. The molecule has 2 heterocycles. The van der Waals surface area contributed by atoms with Gasteiger partial charge in [-0.25, -0.2) is 4.79 Å². The number of rotatable bonds is 1. The van der Waals surface area contributed by atoms with Gasteiger partial charge in [0.15, 0.2) is 0 Å². The molecule has 21 heavy (non-hydrogen) atoms. The number of hydrogen-bond donors (Lipinski definition) is 2. The molecule has 0 saturated carbocycles. The van der Waals surface area contributed by atoms with Gasteiger partial charge >= 0.3 is 5.97 Å². The fraction of sp³-hybridized carbons (Fsp3) is 0.125. The Balaban J connectivity index is 2.00. The summed E-state index contributed by atoms with van der Waals surface area (Å²) in [6.07, 6.45) is 0.593. The lowest BCUT2D eigenvalue weighted by atomic mass is 10.0. The van der Waals surface area contributed by atoms with Gasteiger partial charge in [-0.1, -0.05) is 24.3 Å². The molecule has 2 N–H and O–H groups in total. The van der Waals surface area contributed by atoms with Crippen LogP contribution in [0, 0.1) is 0 Å². The molecule has 0 saturated heterocycles. The average Bonchev–Trinajstić information content (AvgIpc) is 2.87. The van der Waals surface area contributed by atoms with Gasteiger partial charge in [-0.3, -0.25) is 4.79 Å². The minimum Gasteiger partial charge on any atom is -0.478 e. The fourth-order valence-corrected chi connectivity index (χ4v) is 3.16. The standard InChI is InChI=1S/C16H12N2O3/c19-15-13-8-9-4-1-2-7-12(9)18(13)14-10(16(20)21)5-3-6-11(14)17-15/h1-7,13H,8H2,(H,17,19)(H,20,21). The Hall–Kier alpha value is -2.82. The second kappa shape index (κ2) is 4.09. The normalized spacial score (nSPS) is 18.6. The summed E-state index contributed by atoms with van der Waals surface area (Å²) in [7, 11) is 0. The Morgan fingerprint density at radius 2 is 2.00 bits per heavy atom. The number of nitrogens with zero attached hydrogens (tertiary/aromatic N) is 1. The van der Waals surface area contributed by atoms with Gasteiger partial charge in [0.25, 0.3) is 0 Å². The van der Waals surface area contributed by atoms with Gasteiger partial charge in [0.05, 0.1) is 16.9 Å². The summed E-state index contributed by atoms with van der Waals surface area (Å²) < 4.78 is 0. The topological polar surface area (TPSA) is 69.6 Å². The van der Waals surface area contributed by atoms with Crippen LogP contribution in [0.4, 0.5) is 17.1 Å². The molecule has 5 heteroatoms. The zero-order valence-corrected chi connectivity index (χ0v) is 11.0. The summed E-state index contributed by atoms with van der Waals surface area (Å²) in [6.45, 7) is 0. The number of carboxylic acids is 1. The molecule has 104 valence electrons. The van der Waals surface area contributed by atoms with Crippen molar-refractivity contribution < 1.29 is 14.7 Å². The van der Waals surface area contributed by atoms with E-state index in [1.807, 2.05) is 29.2 Å². The van der Waals surface area contributed by atoms with E-state index in [2.05, 4.69) is 5.32 Å². The third kappa shape index (κ3) is 1.57. The lowest BCUT2D eigenvalue weighted by Gasteiger charge is -2.34. The largest absolute Gasteiger partial charge is 0.478 e. The van der Waals surface area contributed by atoms with Crippen molar-refractivity contribution in [1.82, 2.24) is 0 Å². The highest BCUT2D eigenvalue weighted by atomic mass is 16.4. The molecule has 0 aromatic heterocycles. The van der Waals surface area contributed by atoms with Gasteiger partial charge in [-0.15, -0.1) is 0 Å². The molecular formula is C16H12N2O3. The Bertz CT molecular complexity index is 785. The van der Waals surface area contributed by atoms with Crippen LogP contribution in [0.5, 0.6) is 0 Å². The zero-order chi connectivity index (χ0) is 14.6. The van der Waals surface area contributed by atoms with E-state index in [9.17, 15) is 14.7 Å². The van der Waals surface area contributed by atoms with Gasteiger partial charge in [0.1, 0.15) is 6.04 Å². The van der Waals surface area contributed by atoms with Gasteiger partial charge < -0.3 is 15.3 Å². The second-order valence-electron chi connectivity index (χ2n) is 5.21. The molecule has 0 radical (unpaired) electrons. The summed E-state index contributed by atoms with van der Waals surface area (Å²) in [5.41, 5.74) is 3.29. The van der Waals surface area contributed by atoms with Crippen LogP contribution in [0.1, 0.15) is 15.9 Å². The van der Waals surface area contributed by atoms with Crippen LogP contribution in [-0.2, 0) is 11.2 Å². The van der Waals surface area contributed by atoms with E-state index in [1.165, 1.54) is 0 Å². The monoisotopic (exact) mass is 280 g/mol. The van der Waals surface area contributed by atoms with Crippen molar-refractivity contribution in [2.45, 2.75) is 12.5 Å². The summed E-state index contributed by atoms with van der Waals surface area (Å²) in [5, 5.41) is 12.3. The van der Waals surface area contributed by atoms with Gasteiger partial charge in [-0.2, -0.15) is 0 Å². The highest BCUT2D eigenvalue weighted by molar-refractivity contribution is 6.11. The van der Waals surface area contributed by atoms with Crippen molar-refractivity contribution in [3.05, 3.63) is 53.6 Å². The SMILES string of the molecule is O=C(O)c1cccc2c1N1c3ccccc3CC1C(=O)N2. The van der Waals surface area contributed by atoms with Crippen molar-refractivity contribution in [2.75, 3.05) is 10.2 Å². The Kier molecular flexibility index (Phi) is 2.33. The lowest BCUT2D eigenvalue weighted by molar-refractivity contribution is -0.117. The Morgan fingerprint density at radius 3 is 2.81 bits per heavy atom. The molecule has 2 aliphatic rings. The molecule has 1 unspecified atom stereocenters. The van der Waals surface area contributed by atoms with Gasteiger partial charge in [-0.05, 0) is 23.8 Å². The number of fused-ring (bicyclic) bond motifs is 5. The molecule has 1 atom stereocenters. The number of anilines is 3. The van der Waals surface area contributed by atoms with E-state index in [4.69, 9.17) is 0 Å². The van der Waals surface area contributed by atoms with E-state index in [0.717, 1.165) is 11.3 Å². The third-order valence-corrected chi connectivity index (χ3v) is 4.04. The molecule has 0 bridgehead atoms. The number of benzene rings is 2. The smallest absolute Gasteiger partial charge is 0.337 e. The highest BCUT2D eigenvalue weighted by Gasteiger charge is 2.41. The molecule has 4 rings (SSSR count). The van der Waals surface area contributed by atoms with E-state index in [-0.39, 0.29) is 17.5 Å². The minimum absolute atomic E-state index is 0.0961. The van der Waals surface area contributed by atoms with Crippen LogP contribution in [-0.4, -0.2) is 23.0 Å². The Morgan fingerprint density at radius 1 is 1.19 bits per heavy atom. The van der Waals surface area contributed by atoms with Crippen molar-refractivity contribution in [3.63, 3.8) is 0 Å². The average molecular weight is 280 g/mol. The maximum atomic E-state index is 12.3. The van der Waals surface area contributed by atoms with Crippen molar-refractivity contribution in [3.8, 4) is 0 Å². The first-order valence-corrected chi connectivity index (χ1v) is 6.71. The minimum atomic E-state index is -0.994. The number of para-hydroxylation sites is 2. The molecule has 0 fully saturated rings. The van der Waals surface area contributed by atoms with Crippen LogP contribution < -0.4 is 10.2 Å². The molecule has 1 amide bonds. The van der Waals surface area contributed by atoms with Gasteiger partial charge in [0, 0.05) is 12.1 Å². The van der Waals surface area contributed by atoms with Crippen molar-refractivity contribution in [1.29, 1.82) is 0 Å². The number of carbonyl (C=O) groups is 2. The quantitative estimate of drug-likeness (QED) is 0.841. The van der Waals surface area contributed by atoms with E-state index in [1.54, 1.807) is 18.2 Å². The number of carbonyl (C=O) groups excluding carboxylic acids is 1. The van der Waals surface area contributed by atoms with Gasteiger partial charge in [0.2, 0.25) is 5.91 Å². The first kappa shape index (κ1) is 12.0. The number of carboxylic acid groups (broad SMARTS) is 1. The van der Waals surface area contributed by atoms with Crippen LogP contribution >= 0.6 is 0 Å². The highest BCUT2D eigenvalue weighted by Crippen LogP contribution is 2.46. The van der Waals surface area contributed by atoms with Crippen molar-refractivity contribution >= 4 is 28.9 Å². The maximum absolute atomic E-state index is 12.3. The first-order valence-electron chi connectivity index (χ1n) is 6.71. The second-order valence-corrected chi connectivity index (χ2v) is 5.21. The summed E-state index contributed by atoms with van der Waals surface area (Å²) in [4.78, 5) is 25.7. The summed E-state index contributed by atoms with van der Waals surface area (Å²) in [6, 6.07) is 12.3. The van der Waals surface area contributed by atoms with E-state index < -0.39 is 5.97 Å². The van der Waals surface area contributed by atoms with E-state index in [0.29, 0.717) is 17.8 Å². The summed E-state index contributed by atoms with van der Waals surface area (Å²) >= 11 is 0. The number of nitrogens with one attached hydrogen (secondary N) is 1. The molecule has 2 aromatic carbocycles.